The van der Waals surface area contributed by atoms with Crippen molar-refractivity contribution in [2.24, 2.45) is 0 Å². The normalized spacial score (nSPS) is 19.3. The van der Waals surface area contributed by atoms with Crippen LogP contribution in [0.3, 0.4) is 0 Å². The lowest BCUT2D eigenvalue weighted by molar-refractivity contribution is -0.144. The van der Waals surface area contributed by atoms with Crippen LogP contribution in [0, 0.1) is 0 Å². The van der Waals surface area contributed by atoms with Crippen molar-refractivity contribution < 1.29 is 23.9 Å². The molecule has 0 bridgehead atoms. The van der Waals surface area contributed by atoms with Crippen molar-refractivity contribution in [3.8, 4) is 0 Å². The van der Waals surface area contributed by atoms with Gasteiger partial charge in [-0.05, 0) is 0 Å². The zero-order valence-corrected chi connectivity index (χ0v) is 11.4. The van der Waals surface area contributed by atoms with Crippen LogP contribution in [0.1, 0.15) is 12.8 Å². The van der Waals surface area contributed by atoms with Gasteiger partial charge in [-0.25, -0.2) is 19.6 Å². The van der Waals surface area contributed by atoms with Crippen LogP contribution in [0.25, 0.3) is 0 Å². The zero-order valence-electron chi connectivity index (χ0n) is 11.4. The molecule has 2 N–H and O–H groups in total. The fraction of sp³-hybridized carbons (Fsp3) is 0.455. The standard InChI is InChI=1S/C11H15N5O5/c1-14-11(20)16(13-12-14)5-4-10(19)21-7-6-15-8(17)2-3-9(15)18/h4-5,12-13H,2-3,6-7H2,1H3/b5-4+. The maximum absolute atomic E-state index is 11.4. The third kappa shape index (κ3) is 3.55. The number of carbonyl (C=O) groups excluding carboxylic acids is 4. The van der Waals surface area contributed by atoms with Crippen molar-refractivity contribution in [1.82, 2.24) is 26.0 Å². The molecule has 2 saturated heterocycles. The second kappa shape index (κ2) is 6.33. The predicted octanol–water partition coefficient (Wildman–Crippen LogP) is -1.52. The molecule has 0 radical (unpaired) electrons. The Kier molecular flexibility index (Phi) is 4.50. The number of likely N-dealkylation sites (tertiary alicyclic amines) is 1. The van der Waals surface area contributed by atoms with Crippen LogP contribution in [0.4, 0.5) is 4.79 Å². The van der Waals surface area contributed by atoms with Crippen molar-refractivity contribution in [2.75, 3.05) is 20.2 Å². The third-order valence-electron chi connectivity index (χ3n) is 2.90. The predicted molar refractivity (Wildman–Crippen MR) is 67.3 cm³/mol. The second-order valence-electron chi connectivity index (χ2n) is 4.36. The topological polar surface area (TPSA) is 111 Å². The molecule has 4 amide bonds. The maximum atomic E-state index is 11.4. The van der Waals surface area contributed by atoms with Crippen LogP contribution in [-0.2, 0) is 19.1 Å². The Labute approximate surface area is 120 Å². The Hall–Kier alpha value is -2.46. The highest BCUT2D eigenvalue weighted by atomic mass is 16.5. The number of ether oxygens (including phenoxy) is 1. The molecule has 0 spiro atoms. The minimum Gasteiger partial charge on any atom is -0.461 e. The highest BCUT2D eigenvalue weighted by Crippen LogP contribution is 2.10. The molecule has 10 heteroatoms. The van der Waals surface area contributed by atoms with E-state index < -0.39 is 12.0 Å². The van der Waals surface area contributed by atoms with Gasteiger partial charge in [0.05, 0.1) is 6.54 Å². The van der Waals surface area contributed by atoms with Gasteiger partial charge in [0.1, 0.15) is 6.61 Å². The van der Waals surface area contributed by atoms with Crippen molar-refractivity contribution in [3.63, 3.8) is 0 Å². The van der Waals surface area contributed by atoms with Gasteiger partial charge >= 0.3 is 12.0 Å². The number of carbonyl (C=O) groups is 4. The molecule has 10 nitrogen and oxygen atoms in total. The molecule has 2 aliphatic rings. The largest absolute Gasteiger partial charge is 0.461 e. The molecule has 0 aliphatic carbocycles. The van der Waals surface area contributed by atoms with Crippen LogP contribution >= 0.6 is 0 Å². The van der Waals surface area contributed by atoms with E-state index in [9.17, 15) is 19.2 Å². The van der Waals surface area contributed by atoms with Crippen LogP contribution in [-0.4, -0.2) is 58.9 Å². The average Bonchev–Trinajstić information content (AvgIpc) is 2.94. The van der Waals surface area contributed by atoms with Crippen molar-refractivity contribution in [1.29, 1.82) is 0 Å². The first kappa shape index (κ1) is 14.9. The molecular formula is C11H15N5O5. The number of hydrogen-bond donors (Lipinski definition) is 2. The van der Waals surface area contributed by atoms with E-state index in [0.29, 0.717) is 0 Å². The van der Waals surface area contributed by atoms with Crippen molar-refractivity contribution in [2.45, 2.75) is 12.8 Å². The highest BCUT2D eigenvalue weighted by molar-refractivity contribution is 6.01. The summed E-state index contributed by atoms with van der Waals surface area (Å²) in [7, 11) is 1.51. The number of urea groups is 1. The lowest BCUT2D eigenvalue weighted by atomic mass is 10.4. The maximum Gasteiger partial charge on any atom is 0.354 e. The molecule has 2 heterocycles. The molecule has 0 aromatic heterocycles. The summed E-state index contributed by atoms with van der Waals surface area (Å²) in [5.41, 5.74) is 5.00. The third-order valence-corrected chi connectivity index (χ3v) is 2.90. The molecule has 0 aromatic carbocycles. The van der Waals surface area contributed by atoms with E-state index in [4.69, 9.17) is 4.74 Å². The molecule has 114 valence electrons. The Balaban J connectivity index is 1.71. The summed E-state index contributed by atoms with van der Waals surface area (Å²) < 4.78 is 4.85. The number of hydrazine groups is 3. The number of rotatable bonds is 5. The van der Waals surface area contributed by atoms with Gasteiger partial charge in [-0.3, -0.25) is 14.5 Å². The van der Waals surface area contributed by atoms with E-state index in [1.807, 2.05) is 0 Å². The molecule has 21 heavy (non-hydrogen) atoms. The Morgan fingerprint density at radius 1 is 1.24 bits per heavy atom. The minimum atomic E-state index is -0.682. The summed E-state index contributed by atoms with van der Waals surface area (Å²) in [6.45, 7) is -0.0391. The Morgan fingerprint density at radius 2 is 1.90 bits per heavy atom. The number of nitrogens with one attached hydrogen (secondary N) is 2. The van der Waals surface area contributed by atoms with Gasteiger partial charge < -0.3 is 4.74 Å². The molecule has 0 unspecified atom stereocenters. The van der Waals surface area contributed by atoms with E-state index in [1.165, 1.54) is 18.3 Å². The first-order valence-electron chi connectivity index (χ1n) is 6.25. The first-order chi connectivity index (χ1) is 9.99. The van der Waals surface area contributed by atoms with Gasteiger partial charge in [-0.15, -0.1) is 11.1 Å². The minimum absolute atomic E-state index is 0.0441. The Morgan fingerprint density at radius 3 is 2.48 bits per heavy atom. The quantitative estimate of drug-likeness (QED) is 0.360. The number of amides is 4. The van der Waals surface area contributed by atoms with E-state index in [1.54, 1.807) is 0 Å². The molecule has 0 atom stereocenters. The molecule has 2 fully saturated rings. The molecule has 0 saturated carbocycles. The molecule has 0 aromatic rings. The number of hydrogen-bond acceptors (Lipinski definition) is 7. The van der Waals surface area contributed by atoms with E-state index >= 15 is 0 Å². The molecule has 2 aliphatic heterocycles. The summed E-state index contributed by atoms with van der Waals surface area (Å²) in [6.07, 6.45) is 2.67. The van der Waals surface area contributed by atoms with Gasteiger partial charge in [0.25, 0.3) is 0 Å². The molecule has 2 rings (SSSR count). The van der Waals surface area contributed by atoms with Gasteiger partial charge in [0, 0.05) is 32.2 Å². The number of imide groups is 1. The lowest BCUT2D eigenvalue weighted by Gasteiger charge is -2.13. The Bertz CT molecular complexity index is 489. The van der Waals surface area contributed by atoms with Crippen molar-refractivity contribution in [3.05, 3.63) is 12.3 Å². The van der Waals surface area contributed by atoms with Crippen LogP contribution in [0.15, 0.2) is 12.3 Å². The van der Waals surface area contributed by atoms with Crippen molar-refractivity contribution >= 4 is 23.8 Å². The molecular weight excluding hydrogens is 282 g/mol. The summed E-state index contributed by atoms with van der Waals surface area (Å²) >= 11 is 0. The first-order valence-corrected chi connectivity index (χ1v) is 6.25. The summed E-state index contributed by atoms with van der Waals surface area (Å²) in [5, 5.41) is 2.23. The monoisotopic (exact) mass is 297 g/mol. The average molecular weight is 297 g/mol. The van der Waals surface area contributed by atoms with E-state index in [-0.39, 0.29) is 37.8 Å². The van der Waals surface area contributed by atoms with Crippen LogP contribution in [0.5, 0.6) is 0 Å². The van der Waals surface area contributed by atoms with E-state index in [0.717, 1.165) is 16.0 Å². The summed E-state index contributed by atoms with van der Waals surface area (Å²) in [5.74, 6) is -1.20. The van der Waals surface area contributed by atoms with E-state index in [2.05, 4.69) is 11.1 Å². The van der Waals surface area contributed by atoms with Gasteiger partial charge in [0.15, 0.2) is 0 Å². The summed E-state index contributed by atoms with van der Waals surface area (Å²) in [6, 6.07) is -0.396. The lowest BCUT2D eigenvalue weighted by Crippen LogP contribution is -2.35. The van der Waals surface area contributed by atoms with Gasteiger partial charge in [-0.1, -0.05) is 0 Å². The SMILES string of the molecule is CN1NNN(/C=C/C(=O)OCCN2C(=O)CCC2=O)C1=O. The van der Waals surface area contributed by atoms with Gasteiger partial charge in [0.2, 0.25) is 11.8 Å². The highest BCUT2D eigenvalue weighted by Gasteiger charge is 2.28. The fourth-order valence-electron chi connectivity index (χ4n) is 1.78. The van der Waals surface area contributed by atoms with Crippen LogP contribution in [0.2, 0.25) is 0 Å². The second-order valence-corrected chi connectivity index (χ2v) is 4.36. The zero-order chi connectivity index (χ0) is 15.4. The van der Waals surface area contributed by atoms with Crippen LogP contribution < -0.4 is 11.1 Å². The fourth-order valence-corrected chi connectivity index (χ4v) is 1.78. The summed E-state index contributed by atoms with van der Waals surface area (Å²) in [4.78, 5) is 46.5. The van der Waals surface area contributed by atoms with Gasteiger partial charge in [-0.2, -0.15) is 0 Å². The number of nitrogens with zero attached hydrogens (tertiary/aromatic N) is 3. The smallest absolute Gasteiger partial charge is 0.354 e. The number of esters is 1.